The predicted molar refractivity (Wildman–Crippen MR) is 195 cm³/mol. The molecule has 0 aromatic carbocycles. The van der Waals surface area contributed by atoms with Gasteiger partial charge >= 0.3 is 0 Å². The molecule has 1 spiro atoms. The third-order valence-corrected chi connectivity index (χ3v) is 10.3. The molecule has 3 aliphatic heterocycles. The summed E-state index contributed by atoms with van der Waals surface area (Å²) in [5.41, 5.74) is 8.21. The Labute approximate surface area is 295 Å². The highest BCUT2D eigenvalue weighted by Gasteiger charge is 2.51. The van der Waals surface area contributed by atoms with Crippen LogP contribution in [0.4, 0.5) is 11.5 Å². The molecule has 3 N–H and O–H groups in total. The van der Waals surface area contributed by atoms with E-state index in [2.05, 4.69) is 42.7 Å². The van der Waals surface area contributed by atoms with Gasteiger partial charge in [-0.15, -0.1) is 11.3 Å². The van der Waals surface area contributed by atoms with Crippen molar-refractivity contribution >= 4 is 52.7 Å². The number of hydrogen-bond acceptors (Lipinski definition) is 12. The van der Waals surface area contributed by atoms with Gasteiger partial charge in [-0.25, -0.2) is 19.9 Å². The number of carbonyl (C=O) groups is 2. The number of carbonyl (C=O) groups excluding carboxylic acids is 2. The van der Waals surface area contributed by atoms with E-state index >= 15 is 0 Å². The number of aromatic nitrogens is 5. The lowest BCUT2D eigenvalue weighted by atomic mass is 9.85. The maximum Gasteiger partial charge on any atom is 0.237 e. The van der Waals surface area contributed by atoms with E-state index in [1.807, 2.05) is 25.8 Å². The molecule has 262 valence electrons. The molecule has 2 fully saturated rings. The minimum Gasteiger partial charge on any atom is -0.475 e. The molecular formula is C35H43N11O3S. The van der Waals surface area contributed by atoms with Crippen LogP contribution in [0.1, 0.15) is 50.7 Å². The van der Waals surface area contributed by atoms with E-state index < -0.39 is 5.41 Å². The average molecular weight is 698 g/mol. The molecule has 0 radical (unpaired) electrons. The van der Waals surface area contributed by atoms with Crippen molar-refractivity contribution in [1.82, 2.24) is 34.5 Å². The van der Waals surface area contributed by atoms with Crippen LogP contribution in [-0.2, 0) is 21.4 Å². The Morgan fingerprint density at radius 1 is 1.22 bits per heavy atom. The van der Waals surface area contributed by atoms with E-state index in [9.17, 15) is 9.59 Å². The Morgan fingerprint density at radius 3 is 2.72 bits per heavy atom. The van der Waals surface area contributed by atoms with Crippen LogP contribution in [0, 0.1) is 10.8 Å². The van der Waals surface area contributed by atoms with Crippen molar-refractivity contribution in [2.24, 2.45) is 17.5 Å². The highest BCUT2D eigenvalue weighted by molar-refractivity contribution is 7.16. The number of pyridine rings is 1. The molecular weight excluding hydrogens is 655 g/mol. The van der Waals surface area contributed by atoms with Gasteiger partial charge in [-0.2, -0.15) is 5.10 Å². The zero-order chi connectivity index (χ0) is 35.6. The van der Waals surface area contributed by atoms with Crippen molar-refractivity contribution < 1.29 is 14.3 Å². The van der Waals surface area contributed by atoms with Crippen molar-refractivity contribution in [2.45, 2.75) is 46.1 Å². The van der Waals surface area contributed by atoms with Gasteiger partial charge in [0.15, 0.2) is 5.82 Å². The number of rotatable bonds is 11. The largest absolute Gasteiger partial charge is 0.475 e. The third kappa shape index (κ3) is 7.28. The molecule has 14 nitrogen and oxygen atoms in total. The summed E-state index contributed by atoms with van der Waals surface area (Å²) in [6.45, 7) is 12.2. The summed E-state index contributed by atoms with van der Waals surface area (Å²) in [5, 5.41) is 14.1. The number of aryl methyl sites for hydroxylation is 1. The lowest BCUT2D eigenvalue weighted by molar-refractivity contribution is -0.132. The average Bonchev–Trinajstić information content (AvgIpc) is 3.91. The van der Waals surface area contributed by atoms with E-state index in [1.54, 1.807) is 64.7 Å². The first-order valence-electron chi connectivity index (χ1n) is 16.7. The molecule has 2 saturated heterocycles. The van der Waals surface area contributed by atoms with E-state index in [-0.39, 0.29) is 30.2 Å². The summed E-state index contributed by atoms with van der Waals surface area (Å²) in [4.78, 5) is 51.3. The molecule has 0 saturated carbocycles. The smallest absolute Gasteiger partial charge is 0.237 e. The summed E-state index contributed by atoms with van der Waals surface area (Å²) < 4.78 is 7.26. The van der Waals surface area contributed by atoms with Gasteiger partial charge < -0.3 is 15.4 Å². The zero-order valence-electron chi connectivity index (χ0n) is 28.9. The highest BCUT2D eigenvalue weighted by atomic mass is 32.1. The molecule has 2 amide bonds. The summed E-state index contributed by atoms with van der Waals surface area (Å²) in [6.07, 6.45) is 10.9. The fourth-order valence-corrected chi connectivity index (χ4v) is 7.44. The topological polar surface area (TPSA) is 172 Å². The molecule has 15 heteroatoms. The van der Waals surface area contributed by atoms with Crippen LogP contribution < -0.4 is 10.6 Å². The molecule has 3 aliphatic rings. The van der Waals surface area contributed by atoms with Crippen LogP contribution in [0.3, 0.4) is 0 Å². The van der Waals surface area contributed by atoms with E-state index in [1.165, 1.54) is 0 Å². The normalized spacial score (nSPS) is 20.3. The number of aliphatic imine (C=N–C) groups is 1. The summed E-state index contributed by atoms with van der Waals surface area (Å²) in [6, 6.07) is 3.42. The third-order valence-electron chi connectivity index (χ3n) is 9.27. The summed E-state index contributed by atoms with van der Waals surface area (Å²) in [5.74, 6) is 1.54. The van der Waals surface area contributed by atoms with Gasteiger partial charge in [-0.05, 0) is 76.6 Å². The SMILES string of the molecule is C=N/C(=C\C=C(/C)C(=N)c1nc(N2CC[C@]3(CCN(CC(=O)N4CC=C(c5ncc(-c6ncn(C)n6)s5)CC4)C3)C2=O)ccc1N)OC(C)C. The van der Waals surface area contributed by atoms with Crippen LogP contribution >= 0.6 is 11.3 Å². The Hall–Kier alpha value is -5.02. The van der Waals surface area contributed by atoms with Crippen LogP contribution in [0.25, 0.3) is 16.3 Å². The molecule has 1 atom stereocenters. The number of nitrogen functional groups attached to an aromatic ring is 1. The molecule has 3 aromatic heterocycles. The number of nitrogens with one attached hydrogen (secondary N) is 1. The lowest BCUT2D eigenvalue weighted by Gasteiger charge is -2.28. The van der Waals surface area contributed by atoms with Gasteiger partial charge in [0.25, 0.3) is 0 Å². The minimum absolute atomic E-state index is 0.000741. The number of amides is 2. The Bertz CT molecular complexity index is 1910. The van der Waals surface area contributed by atoms with Gasteiger partial charge in [-0.1, -0.05) is 12.2 Å². The second-order valence-corrected chi connectivity index (χ2v) is 14.2. The number of anilines is 2. The zero-order valence-corrected chi connectivity index (χ0v) is 29.7. The monoisotopic (exact) mass is 697 g/mol. The first kappa shape index (κ1) is 34.8. The van der Waals surface area contributed by atoms with Crippen LogP contribution in [-0.4, -0.2) is 104 Å². The van der Waals surface area contributed by atoms with E-state index in [0.717, 1.165) is 21.9 Å². The molecule has 6 rings (SSSR count). The summed E-state index contributed by atoms with van der Waals surface area (Å²) in [7, 11) is 1.84. The van der Waals surface area contributed by atoms with Crippen molar-refractivity contribution in [3.63, 3.8) is 0 Å². The Kier molecular flexibility index (Phi) is 10.1. The molecule has 6 heterocycles. The maximum atomic E-state index is 13.9. The molecule has 0 bridgehead atoms. The van der Waals surface area contributed by atoms with Gasteiger partial charge in [0, 0.05) is 45.5 Å². The number of ether oxygens (including phenoxy) is 1. The standard InChI is InChI=1S/C35H43N11O3S/c1-22(2)49-28(38-4)9-6-23(3)30(37)31-25(36)7-8-27(41-31)46-17-13-35(34(46)48)12-16-44(20-35)19-29(47)45-14-10-24(11-15-45)33-39-18-26(50-33)32-40-21-43(5)42-32/h6-10,18,21-22,37H,4,11-17,19-20,36H2,1-3,5H3/b23-6+,28-9+,37-30?/t35-/m0/s1. The fourth-order valence-electron chi connectivity index (χ4n) is 6.52. The van der Waals surface area contributed by atoms with Crippen molar-refractivity contribution in [3.8, 4) is 10.7 Å². The number of nitrogens with zero attached hydrogens (tertiary/aromatic N) is 9. The number of thiazole rings is 1. The molecule has 50 heavy (non-hydrogen) atoms. The lowest BCUT2D eigenvalue weighted by Crippen LogP contribution is -2.43. The number of allylic oxidation sites excluding steroid dienone is 3. The van der Waals surface area contributed by atoms with Crippen molar-refractivity contribution in [1.29, 1.82) is 5.41 Å². The van der Waals surface area contributed by atoms with Crippen LogP contribution in [0.5, 0.6) is 0 Å². The van der Waals surface area contributed by atoms with E-state index in [0.29, 0.717) is 80.0 Å². The number of hydrogen-bond donors (Lipinski definition) is 2. The van der Waals surface area contributed by atoms with Gasteiger partial charge in [0.05, 0.1) is 34.3 Å². The van der Waals surface area contributed by atoms with Gasteiger partial charge in [0.1, 0.15) is 22.8 Å². The molecule has 0 aliphatic carbocycles. The quantitative estimate of drug-likeness (QED) is 0.171. The number of nitrogens with two attached hydrogens (primary N) is 1. The Balaban J connectivity index is 1.06. The Morgan fingerprint density at radius 2 is 2.02 bits per heavy atom. The van der Waals surface area contributed by atoms with Gasteiger partial charge in [-0.3, -0.25) is 29.5 Å². The van der Waals surface area contributed by atoms with Crippen molar-refractivity contribution in [2.75, 3.05) is 49.9 Å². The number of likely N-dealkylation sites (tertiary alicyclic amines) is 1. The fraction of sp³-hybridized carbons (Fsp3) is 0.429. The van der Waals surface area contributed by atoms with Crippen LogP contribution in [0.15, 0.2) is 59.3 Å². The molecule has 0 unspecified atom stereocenters. The first-order chi connectivity index (χ1) is 24.0. The van der Waals surface area contributed by atoms with Crippen LogP contribution in [0.2, 0.25) is 0 Å². The first-order valence-corrected chi connectivity index (χ1v) is 17.5. The van der Waals surface area contributed by atoms with Crippen molar-refractivity contribution in [3.05, 3.63) is 65.0 Å². The van der Waals surface area contributed by atoms with E-state index in [4.69, 9.17) is 15.9 Å². The molecule has 3 aromatic rings. The second kappa shape index (κ2) is 14.5. The second-order valence-electron chi connectivity index (χ2n) is 13.2. The van der Waals surface area contributed by atoms with Gasteiger partial charge in [0.2, 0.25) is 17.7 Å². The maximum absolute atomic E-state index is 13.9. The predicted octanol–water partition coefficient (Wildman–Crippen LogP) is 3.94. The minimum atomic E-state index is -0.567. The highest BCUT2D eigenvalue weighted by Crippen LogP contribution is 2.42. The summed E-state index contributed by atoms with van der Waals surface area (Å²) >= 11 is 1.56.